The van der Waals surface area contributed by atoms with Crippen LogP contribution < -0.4 is 10.6 Å². The summed E-state index contributed by atoms with van der Waals surface area (Å²) in [5.41, 5.74) is 8.11. The fourth-order valence-electron chi connectivity index (χ4n) is 4.17. The minimum absolute atomic E-state index is 0.234. The average molecular weight is 348 g/mol. The summed E-state index contributed by atoms with van der Waals surface area (Å²) in [6, 6.07) is 3.63. The summed E-state index contributed by atoms with van der Waals surface area (Å²) in [6.07, 6.45) is 6.44. The van der Waals surface area contributed by atoms with E-state index >= 15 is 0 Å². The van der Waals surface area contributed by atoms with Crippen molar-refractivity contribution in [2.45, 2.75) is 64.3 Å². The normalized spacial score (nSPS) is 23.7. The van der Waals surface area contributed by atoms with Gasteiger partial charge in [0.2, 0.25) is 0 Å². The Kier molecular flexibility index (Phi) is 5.21. The van der Waals surface area contributed by atoms with Crippen molar-refractivity contribution in [1.82, 2.24) is 0 Å². The first-order chi connectivity index (χ1) is 11.9. The smallest absolute Gasteiger partial charge is 0.307 e. The molecule has 2 fully saturated rings. The highest BCUT2D eigenvalue weighted by atomic mass is 19.1. The van der Waals surface area contributed by atoms with Gasteiger partial charge in [-0.3, -0.25) is 4.79 Å². The van der Waals surface area contributed by atoms with E-state index in [-0.39, 0.29) is 11.7 Å². The first-order valence-electron chi connectivity index (χ1n) is 9.46. The molecule has 5 heteroatoms. The molecule has 3 N–H and O–H groups in total. The van der Waals surface area contributed by atoms with Crippen molar-refractivity contribution in [2.24, 2.45) is 11.8 Å². The highest BCUT2D eigenvalue weighted by Crippen LogP contribution is 2.49. The Hall–Kier alpha value is -1.78. The van der Waals surface area contributed by atoms with Crippen molar-refractivity contribution in [2.75, 3.05) is 17.2 Å². The maximum Gasteiger partial charge on any atom is 0.307 e. The van der Waals surface area contributed by atoms with E-state index in [1.807, 2.05) is 0 Å². The fraction of sp³-hybridized carbons (Fsp3) is 0.650. The molecule has 4 nitrogen and oxygen atoms in total. The van der Waals surface area contributed by atoms with E-state index in [2.05, 4.69) is 18.7 Å². The van der Waals surface area contributed by atoms with E-state index in [4.69, 9.17) is 10.8 Å². The second-order valence-electron chi connectivity index (χ2n) is 8.06. The van der Waals surface area contributed by atoms with E-state index in [0.717, 1.165) is 25.1 Å². The highest BCUT2D eigenvalue weighted by Gasteiger charge is 2.45. The van der Waals surface area contributed by atoms with Crippen molar-refractivity contribution >= 4 is 17.3 Å². The molecule has 0 spiro atoms. The summed E-state index contributed by atoms with van der Waals surface area (Å²) < 4.78 is 14.7. The zero-order chi connectivity index (χ0) is 18.1. The number of halogens is 1. The van der Waals surface area contributed by atoms with Crippen LogP contribution in [0.25, 0.3) is 0 Å². The standard InChI is InChI=1S/C20H29FN2O2/c1-12(2)11-23(13-6-4-3-5-7-13)19-10-17(21)15(9-18(19)22)14-8-16(14)20(24)25/h9-10,12-14,16H,3-8,11,22H2,1-2H3,(H,24,25). The minimum Gasteiger partial charge on any atom is -0.481 e. The second kappa shape index (κ2) is 7.22. The van der Waals surface area contributed by atoms with Crippen LogP contribution in [-0.2, 0) is 4.79 Å². The SMILES string of the molecule is CC(C)CN(c1cc(F)c(C2CC2C(=O)O)cc1N)C1CCCCC1. The van der Waals surface area contributed by atoms with Crippen LogP contribution >= 0.6 is 0 Å². The molecule has 1 aromatic carbocycles. The van der Waals surface area contributed by atoms with Gasteiger partial charge in [0.1, 0.15) is 5.82 Å². The molecule has 3 rings (SSSR count). The molecule has 0 aromatic heterocycles. The van der Waals surface area contributed by atoms with Crippen LogP contribution in [0.1, 0.15) is 63.9 Å². The molecule has 0 bridgehead atoms. The Labute approximate surface area is 149 Å². The summed E-state index contributed by atoms with van der Waals surface area (Å²) >= 11 is 0. The van der Waals surface area contributed by atoms with Crippen molar-refractivity contribution < 1.29 is 14.3 Å². The van der Waals surface area contributed by atoms with Gasteiger partial charge in [0, 0.05) is 18.5 Å². The van der Waals surface area contributed by atoms with E-state index < -0.39 is 11.9 Å². The lowest BCUT2D eigenvalue weighted by Gasteiger charge is -2.38. The molecule has 2 unspecified atom stereocenters. The summed E-state index contributed by atoms with van der Waals surface area (Å²) in [7, 11) is 0. The van der Waals surface area contributed by atoms with Crippen molar-refractivity contribution in [3.63, 3.8) is 0 Å². The molecule has 25 heavy (non-hydrogen) atoms. The van der Waals surface area contributed by atoms with Gasteiger partial charge in [-0.25, -0.2) is 4.39 Å². The van der Waals surface area contributed by atoms with Gasteiger partial charge in [0.25, 0.3) is 0 Å². The predicted octanol–water partition coefficient (Wildman–Crippen LogP) is 4.39. The zero-order valence-electron chi connectivity index (χ0n) is 15.2. The van der Waals surface area contributed by atoms with E-state index in [1.165, 1.54) is 19.3 Å². The molecule has 2 atom stereocenters. The summed E-state index contributed by atoms with van der Waals surface area (Å²) in [4.78, 5) is 13.4. The second-order valence-corrected chi connectivity index (χ2v) is 8.06. The molecular formula is C20H29FN2O2. The van der Waals surface area contributed by atoms with Crippen LogP contribution in [0.2, 0.25) is 0 Å². The lowest BCUT2D eigenvalue weighted by atomic mass is 9.92. The first kappa shape index (κ1) is 18.0. The Balaban J connectivity index is 1.88. The topological polar surface area (TPSA) is 66.6 Å². The third kappa shape index (κ3) is 3.91. The van der Waals surface area contributed by atoms with Crippen LogP contribution in [0.5, 0.6) is 0 Å². The number of nitrogens with two attached hydrogens (primary N) is 1. The number of carboxylic acid groups (broad SMARTS) is 1. The molecule has 0 radical (unpaired) electrons. The van der Waals surface area contributed by atoms with Crippen LogP contribution in [-0.4, -0.2) is 23.7 Å². The number of aliphatic carboxylic acids is 1. The van der Waals surface area contributed by atoms with Gasteiger partial charge in [-0.1, -0.05) is 33.1 Å². The van der Waals surface area contributed by atoms with Crippen LogP contribution in [0, 0.1) is 17.7 Å². The molecule has 0 saturated heterocycles. The number of hydrogen-bond donors (Lipinski definition) is 2. The maximum absolute atomic E-state index is 14.7. The Morgan fingerprint density at radius 1 is 1.32 bits per heavy atom. The molecule has 0 amide bonds. The molecule has 2 saturated carbocycles. The largest absolute Gasteiger partial charge is 0.481 e. The van der Waals surface area contributed by atoms with Gasteiger partial charge < -0.3 is 15.7 Å². The Bertz CT molecular complexity index is 641. The molecule has 2 aliphatic carbocycles. The number of benzene rings is 1. The van der Waals surface area contributed by atoms with Gasteiger partial charge in [-0.2, -0.15) is 0 Å². The monoisotopic (exact) mass is 348 g/mol. The average Bonchev–Trinajstić information content (AvgIpc) is 3.36. The fourth-order valence-corrected chi connectivity index (χ4v) is 4.17. The van der Waals surface area contributed by atoms with Gasteiger partial charge in [-0.15, -0.1) is 0 Å². The van der Waals surface area contributed by atoms with Gasteiger partial charge in [0.15, 0.2) is 0 Å². The number of carbonyl (C=O) groups is 1. The van der Waals surface area contributed by atoms with Gasteiger partial charge in [-0.05, 0) is 42.9 Å². The molecule has 0 heterocycles. The number of carboxylic acids is 1. The third-order valence-corrected chi connectivity index (χ3v) is 5.54. The summed E-state index contributed by atoms with van der Waals surface area (Å²) in [6.45, 7) is 5.19. The Morgan fingerprint density at radius 2 is 2.00 bits per heavy atom. The molecular weight excluding hydrogens is 319 g/mol. The lowest BCUT2D eigenvalue weighted by Crippen LogP contribution is -2.39. The summed E-state index contributed by atoms with van der Waals surface area (Å²) in [5, 5.41) is 9.10. The number of anilines is 2. The molecule has 0 aliphatic heterocycles. The first-order valence-corrected chi connectivity index (χ1v) is 9.46. The van der Waals surface area contributed by atoms with Gasteiger partial charge >= 0.3 is 5.97 Å². The van der Waals surface area contributed by atoms with Crippen LogP contribution in [0.4, 0.5) is 15.8 Å². The van der Waals surface area contributed by atoms with E-state index in [1.54, 1.807) is 12.1 Å². The number of hydrogen-bond acceptors (Lipinski definition) is 3. The quantitative estimate of drug-likeness (QED) is 0.748. The Morgan fingerprint density at radius 3 is 2.56 bits per heavy atom. The molecule has 2 aliphatic rings. The maximum atomic E-state index is 14.7. The highest BCUT2D eigenvalue weighted by molar-refractivity contribution is 5.76. The minimum atomic E-state index is -0.851. The molecule has 1 aromatic rings. The van der Waals surface area contributed by atoms with Crippen LogP contribution in [0.15, 0.2) is 12.1 Å². The van der Waals surface area contributed by atoms with Crippen molar-refractivity contribution in [3.05, 3.63) is 23.5 Å². The van der Waals surface area contributed by atoms with E-state index in [0.29, 0.717) is 29.6 Å². The summed E-state index contributed by atoms with van der Waals surface area (Å²) in [5.74, 6) is -1.41. The van der Waals surface area contributed by atoms with E-state index in [9.17, 15) is 9.18 Å². The van der Waals surface area contributed by atoms with Crippen molar-refractivity contribution in [3.8, 4) is 0 Å². The number of nitrogen functional groups attached to an aromatic ring is 1. The number of rotatable bonds is 6. The zero-order valence-corrected chi connectivity index (χ0v) is 15.2. The predicted molar refractivity (Wildman–Crippen MR) is 98.4 cm³/mol. The van der Waals surface area contributed by atoms with Crippen molar-refractivity contribution in [1.29, 1.82) is 0 Å². The third-order valence-electron chi connectivity index (χ3n) is 5.54. The van der Waals surface area contributed by atoms with Gasteiger partial charge in [0.05, 0.1) is 17.3 Å². The number of nitrogens with zero attached hydrogens (tertiary/aromatic N) is 1. The van der Waals surface area contributed by atoms with Crippen LogP contribution in [0.3, 0.4) is 0 Å². The molecule has 138 valence electrons. The lowest BCUT2D eigenvalue weighted by molar-refractivity contribution is -0.138.